The van der Waals surface area contributed by atoms with E-state index in [1.54, 1.807) is 22.8 Å². The Morgan fingerprint density at radius 3 is 2.30 bits per heavy atom. The average molecular weight is 420 g/mol. The monoisotopic (exact) mass is 420 g/mol. The van der Waals surface area contributed by atoms with Crippen molar-refractivity contribution < 1.29 is 27.9 Å². The van der Waals surface area contributed by atoms with Crippen LogP contribution in [0.15, 0.2) is 30.3 Å². The molecule has 10 heteroatoms. The number of rotatable bonds is 3. The predicted octanol–water partition coefficient (Wildman–Crippen LogP) is 2.71. The smallest absolute Gasteiger partial charge is 0.418 e. The van der Waals surface area contributed by atoms with E-state index in [2.05, 4.69) is 9.97 Å². The summed E-state index contributed by atoms with van der Waals surface area (Å²) in [5, 5.41) is 9.13. The standard InChI is InChI=1S/C20H19F3N4O3/c1-11-6-15(19(29)30)25-17(24-11)18(28)27-9-12-7-26(8-13(12)10-27)16-5-3-2-4-14(16)20(21,22)23/h2-6,12-13H,7-10H2,1H3,(H,29,30)/t12-,13+. The molecule has 2 fully saturated rings. The number of amides is 1. The molecule has 0 radical (unpaired) electrons. The van der Waals surface area contributed by atoms with Crippen molar-refractivity contribution in [3.05, 3.63) is 53.1 Å². The van der Waals surface area contributed by atoms with Crippen LogP contribution in [-0.4, -0.2) is 58.0 Å². The Kier molecular flexibility index (Phi) is 4.87. The first-order valence-electron chi connectivity index (χ1n) is 9.43. The van der Waals surface area contributed by atoms with Gasteiger partial charge in [-0.15, -0.1) is 0 Å². The molecule has 4 rings (SSSR count). The number of aromatic carboxylic acids is 1. The van der Waals surface area contributed by atoms with Crippen LogP contribution < -0.4 is 4.90 Å². The lowest BCUT2D eigenvalue weighted by atomic mass is 10.0. The second-order valence-electron chi connectivity index (χ2n) is 7.67. The van der Waals surface area contributed by atoms with Crippen LogP contribution in [0.1, 0.15) is 32.4 Å². The number of carboxylic acids is 1. The maximum Gasteiger partial charge on any atom is 0.418 e. The first-order chi connectivity index (χ1) is 14.1. The lowest BCUT2D eigenvalue weighted by Crippen LogP contribution is -2.35. The fraction of sp³-hybridized carbons (Fsp3) is 0.400. The summed E-state index contributed by atoms with van der Waals surface area (Å²) in [5.41, 5.74) is -0.377. The molecule has 30 heavy (non-hydrogen) atoms. The van der Waals surface area contributed by atoms with E-state index < -0.39 is 23.6 Å². The van der Waals surface area contributed by atoms with Crippen molar-refractivity contribution in [2.45, 2.75) is 13.1 Å². The van der Waals surface area contributed by atoms with Crippen LogP contribution in [0.25, 0.3) is 0 Å². The second kappa shape index (κ2) is 7.26. The number of fused-ring (bicyclic) bond motifs is 1. The van der Waals surface area contributed by atoms with Crippen molar-refractivity contribution in [3.63, 3.8) is 0 Å². The van der Waals surface area contributed by atoms with Gasteiger partial charge < -0.3 is 14.9 Å². The fourth-order valence-corrected chi connectivity index (χ4v) is 4.26. The zero-order chi connectivity index (χ0) is 21.6. The van der Waals surface area contributed by atoms with Gasteiger partial charge in [-0.2, -0.15) is 13.2 Å². The molecule has 1 aromatic carbocycles. The zero-order valence-electron chi connectivity index (χ0n) is 16.1. The number of benzene rings is 1. The SMILES string of the molecule is Cc1cc(C(=O)O)nc(C(=O)N2C[C@@H]3CN(c4ccccc4C(F)(F)F)C[C@@H]3C2)n1. The number of aromatic nitrogens is 2. The van der Waals surface area contributed by atoms with Crippen LogP contribution in [0.4, 0.5) is 18.9 Å². The third-order valence-corrected chi connectivity index (χ3v) is 5.59. The van der Waals surface area contributed by atoms with Gasteiger partial charge in [0, 0.05) is 49.4 Å². The van der Waals surface area contributed by atoms with Gasteiger partial charge in [-0.25, -0.2) is 14.8 Å². The van der Waals surface area contributed by atoms with E-state index >= 15 is 0 Å². The van der Waals surface area contributed by atoms with Crippen molar-refractivity contribution in [2.24, 2.45) is 11.8 Å². The topological polar surface area (TPSA) is 86.6 Å². The molecule has 2 aliphatic rings. The van der Waals surface area contributed by atoms with Gasteiger partial charge in [0.2, 0.25) is 5.82 Å². The quantitative estimate of drug-likeness (QED) is 0.822. The Labute approximate surface area is 170 Å². The molecule has 2 aromatic rings. The molecule has 2 aliphatic heterocycles. The molecule has 158 valence electrons. The number of aryl methyl sites for hydroxylation is 1. The Morgan fingerprint density at radius 2 is 1.70 bits per heavy atom. The first-order valence-corrected chi connectivity index (χ1v) is 9.43. The number of hydrogen-bond donors (Lipinski definition) is 1. The van der Waals surface area contributed by atoms with Gasteiger partial charge in [0.1, 0.15) is 0 Å². The lowest BCUT2D eigenvalue weighted by Gasteiger charge is -2.25. The van der Waals surface area contributed by atoms with Gasteiger partial charge in [-0.1, -0.05) is 12.1 Å². The summed E-state index contributed by atoms with van der Waals surface area (Å²) in [6.07, 6.45) is -4.43. The summed E-state index contributed by atoms with van der Waals surface area (Å²) in [5.74, 6) is -1.82. The predicted molar refractivity (Wildman–Crippen MR) is 100 cm³/mol. The molecule has 7 nitrogen and oxygen atoms in total. The Bertz CT molecular complexity index is 997. The molecular weight excluding hydrogens is 401 g/mol. The average Bonchev–Trinajstić information content (AvgIpc) is 3.25. The summed E-state index contributed by atoms with van der Waals surface area (Å²) in [6, 6.07) is 6.80. The number of halogens is 3. The molecule has 2 atom stereocenters. The van der Waals surface area contributed by atoms with E-state index in [1.165, 1.54) is 18.2 Å². The van der Waals surface area contributed by atoms with Crippen molar-refractivity contribution >= 4 is 17.6 Å². The summed E-state index contributed by atoms with van der Waals surface area (Å²) in [6.45, 7) is 3.15. The highest BCUT2D eigenvalue weighted by Crippen LogP contribution is 2.40. The number of carboxylic acid groups (broad SMARTS) is 1. The maximum atomic E-state index is 13.3. The van der Waals surface area contributed by atoms with Crippen LogP contribution in [0, 0.1) is 18.8 Å². The minimum absolute atomic E-state index is 0.0268. The number of alkyl halides is 3. The van der Waals surface area contributed by atoms with Crippen molar-refractivity contribution in [1.29, 1.82) is 0 Å². The number of hydrogen-bond acceptors (Lipinski definition) is 5. The second-order valence-corrected chi connectivity index (χ2v) is 7.67. The number of anilines is 1. The van der Waals surface area contributed by atoms with Gasteiger partial charge in [0.05, 0.1) is 5.56 Å². The van der Waals surface area contributed by atoms with E-state index in [0.717, 1.165) is 6.07 Å². The molecule has 0 aliphatic carbocycles. The first kappa shape index (κ1) is 20.1. The number of para-hydroxylation sites is 1. The van der Waals surface area contributed by atoms with E-state index in [4.69, 9.17) is 5.11 Å². The van der Waals surface area contributed by atoms with Gasteiger partial charge >= 0.3 is 12.1 Å². The maximum absolute atomic E-state index is 13.3. The molecule has 0 spiro atoms. The number of carbonyl (C=O) groups excluding carboxylic acids is 1. The number of carbonyl (C=O) groups is 2. The molecular formula is C20H19F3N4O3. The van der Waals surface area contributed by atoms with Gasteiger partial charge in [0.25, 0.3) is 5.91 Å². The van der Waals surface area contributed by atoms with E-state index in [0.29, 0.717) is 31.9 Å². The largest absolute Gasteiger partial charge is 0.477 e. The summed E-state index contributed by atoms with van der Waals surface area (Å²) in [7, 11) is 0. The van der Waals surface area contributed by atoms with E-state index in [9.17, 15) is 22.8 Å². The van der Waals surface area contributed by atoms with Crippen molar-refractivity contribution in [3.8, 4) is 0 Å². The summed E-state index contributed by atoms with van der Waals surface area (Å²) >= 11 is 0. The minimum Gasteiger partial charge on any atom is -0.477 e. The Hall–Kier alpha value is -3.17. The van der Waals surface area contributed by atoms with Crippen LogP contribution in [-0.2, 0) is 6.18 Å². The lowest BCUT2D eigenvalue weighted by molar-refractivity contribution is -0.137. The van der Waals surface area contributed by atoms with Crippen molar-refractivity contribution in [2.75, 3.05) is 31.1 Å². The third kappa shape index (κ3) is 3.69. The van der Waals surface area contributed by atoms with E-state index in [-0.39, 0.29) is 29.0 Å². The van der Waals surface area contributed by atoms with Crippen molar-refractivity contribution in [1.82, 2.24) is 14.9 Å². The van der Waals surface area contributed by atoms with E-state index in [1.807, 2.05) is 0 Å². The van der Waals surface area contributed by atoms with Crippen LogP contribution in [0.5, 0.6) is 0 Å². The van der Waals surface area contributed by atoms with Crippen LogP contribution in [0.3, 0.4) is 0 Å². The highest BCUT2D eigenvalue weighted by molar-refractivity contribution is 5.93. The number of likely N-dealkylation sites (tertiary alicyclic amines) is 1. The van der Waals surface area contributed by atoms with Crippen LogP contribution in [0.2, 0.25) is 0 Å². The summed E-state index contributed by atoms with van der Waals surface area (Å²) < 4.78 is 40.0. The zero-order valence-corrected chi connectivity index (χ0v) is 16.1. The molecule has 1 N–H and O–H groups in total. The molecule has 0 unspecified atom stereocenters. The highest BCUT2D eigenvalue weighted by Gasteiger charge is 2.44. The molecule has 0 bridgehead atoms. The third-order valence-electron chi connectivity index (χ3n) is 5.59. The molecule has 1 amide bonds. The molecule has 2 saturated heterocycles. The van der Waals surface area contributed by atoms with Gasteiger partial charge in [-0.3, -0.25) is 4.79 Å². The van der Waals surface area contributed by atoms with Crippen LogP contribution >= 0.6 is 0 Å². The van der Waals surface area contributed by atoms with Gasteiger partial charge in [0.15, 0.2) is 5.69 Å². The molecule has 1 aromatic heterocycles. The fourth-order valence-electron chi connectivity index (χ4n) is 4.26. The normalized spacial score (nSPS) is 21.1. The summed E-state index contributed by atoms with van der Waals surface area (Å²) in [4.78, 5) is 35.1. The molecule has 3 heterocycles. The van der Waals surface area contributed by atoms with Gasteiger partial charge in [-0.05, 0) is 25.1 Å². The number of nitrogens with zero attached hydrogens (tertiary/aromatic N) is 4. The Morgan fingerprint density at radius 1 is 1.07 bits per heavy atom. The Balaban J connectivity index is 1.48. The molecule has 0 saturated carbocycles. The highest BCUT2D eigenvalue weighted by atomic mass is 19.4. The minimum atomic E-state index is -4.43.